The van der Waals surface area contributed by atoms with Crippen LogP contribution < -0.4 is 93.7 Å². The van der Waals surface area contributed by atoms with Crippen LogP contribution in [-0.2, 0) is 54.4 Å². The van der Waals surface area contributed by atoms with Gasteiger partial charge in [0.05, 0.1) is 0 Å². The van der Waals surface area contributed by atoms with Gasteiger partial charge in [-0.25, -0.2) is 4.79 Å². The maximum atomic E-state index is 13.3. The van der Waals surface area contributed by atoms with E-state index in [0.717, 1.165) is 25.7 Å². The molecule has 0 unspecified atom stereocenters. The average Bonchev–Trinajstić information content (AvgIpc) is 3.38. The van der Waals surface area contributed by atoms with Gasteiger partial charge < -0.3 is 98.8 Å². The Kier molecular flexibility index (Phi) is 32.3. The Morgan fingerprint density at radius 1 is 0.370 bits per heavy atom. The van der Waals surface area contributed by atoms with E-state index in [-0.39, 0.29) is 25.3 Å². The van der Waals surface area contributed by atoms with Crippen LogP contribution in [-0.4, -0.2) is 171 Å². The summed E-state index contributed by atoms with van der Waals surface area (Å²) in [5, 5.41) is 30.8. The number of hydrogen-bond donors (Lipinski definition) is 18. The molecule has 26 N–H and O–H groups in total. The fourth-order valence-electron chi connectivity index (χ4n) is 6.94. The molecule has 0 saturated carbocycles. The third-order valence-electron chi connectivity index (χ3n) is 11.4. The van der Waals surface area contributed by atoms with E-state index < -0.39 is 153 Å². The largest absolute Gasteiger partial charge is 0.480 e. The number of amides is 9. The molecule has 0 bridgehead atoms. The van der Waals surface area contributed by atoms with Crippen LogP contribution in [0, 0.1) is 0 Å². The second-order valence-corrected chi connectivity index (χ2v) is 17.1. The summed E-state index contributed by atoms with van der Waals surface area (Å²) < 4.78 is 0. The highest BCUT2D eigenvalue weighted by atomic mass is 16.4. The van der Waals surface area contributed by atoms with E-state index in [4.69, 9.17) is 45.9 Å². The van der Waals surface area contributed by atoms with Crippen LogP contribution in [0.15, 0.2) is 30.3 Å². The lowest BCUT2D eigenvalue weighted by Crippen LogP contribution is -2.64. The summed E-state index contributed by atoms with van der Waals surface area (Å²) in [4.78, 5) is 130. The normalized spacial score (nSPS) is 14.7. The molecule has 9 amide bonds. The van der Waals surface area contributed by atoms with Gasteiger partial charge >= 0.3 is 5.97 Å². The first-order valence-electron chi connectivity index (χ1n) is 24.5. The van der Waals surface area contributed by atoms with E-state index in [9.17, 15) is 53.1 Å². The van der Waals surface area contributed by atoms with Gasteiger partial charge in [-0.05, 0) is 12.0 Å². The fourth-order valence-corrected chi connectivity index (χ4v) is 6.94. The Balaban J connectivity index is 2.82. The number of hydrogen-bond acceptors (Lipinski definition) is 18. The molecule has 0 saturated heterocycles. The van der Waals surface area contributed by atoms with E-state index in [2.05, 4.69) is 54.8 Å². The first kappa shape index (κ1) is 64.6. The molecule has 0 aliphatic heterocycles. The molecule has 0 aliphatic rings. The van der Waals surface area contributed by atoms with Crippen molar-refractivity contribution in [3.63, 3.8) is 0 Å². The number of rotatable bonds is 38. The van der Waals surface area contributed by atoms with Crippen LogP contribution in [0.25, 0.3) is 0 Å². The number of unbranched alkanes of at least 4 members (excludes halogenated alkanes) is 8. The van der Waals surface area contributed by atoms with Crippen molar-refractivity contribution in [2.45, 2.75) is 132 Å². The average molecular weight is 1040 g/mol. The van der Waals surface area contributed by atoms with Gasteiger partial charge in [0.2, 0.25) is 53.2 Å². The fraction of sp³-hybridized carbons (Fsp3) is 0.644. The van der Waals surface area contributed by atoms with Crippen molar-refractivity contribution >= 4 is 59.1 Å². The third-order valence-corrected chi connectivity index (χ3v) is 11.4. The maximum absolute atomic E-state index is 13.3. The van der Waals surface area contributed by atoms with Crippen molar-refractivity contribution in [3.05, 3.63) is 35.9 Å². The van der Waals surface area contributed by atoms with Crippen molar-refractivity contribution in [1.82, 2.24) is 47.9 Å². The van der Waals surface area contributed by atoms with Crippen molar-refractivity contribution in [3.8, 4) is 0 Å². The van der Waals surface area contributed by atoms with Gasteiger partial charge in [-0.15, -0.1) is 0 Å². The van der Waals surface area contributed by atoms with Gasteiger partial charge in [-0.1, -0.05) is 88.6 Å². The van der Waals surface area contributed by atoms with Crippen LogP contribution >= 0.6 is 0 Å². The molecular formula is C45H81N17O11. The Bertz CT molecular complexity index is 1920. The summed E-state index contributed by atoms with van der Waals surface area (Å²) in [5.74, 6) is -9.44. The zero-order valence-corrected chi connectivity index (χ0v) is 41.7. The van der Waals surface area contributed by atoms with Crippen LogP contribution in [0.4, 0.5) is 0 Å². The van der Waals surface area contributed by atoms with Gasteiger partial charge in [0.1, 0.15) is 54.4 Å². The summed E-state index contributed by atoms with van der Waals surface area (Å²) >= 11 is 0. The maximum Gasteiger partial charge on any atom is 0.326 e. The summed E-state index contributed by atoms with van der Waals surface area (Å²) in [7, 11) is 0. The second-order valence-electron chi connectivity index (χ2n) is 17.1. The number of carboxylic acids is 1. The lowest BCUT2D eigenvalue weighted by atomic mass is 10.1. The molecule has 0 radical (unpaired) electrons. The predicted octanol–water partition coefficient (Wildman–Crippen LogP) is -7.73. The number of carbonyl (C=O) groups is 10. The second kappa shape index (κ2) is 36.5. The molecule has 412 valence electrons. The first-order chi connectivity index (χ1) is 34.9. The molecule has 1 aromatic carbocycles. The molecule has 1 aromatic rings. The minimum absolute atomic E-state index is 0.0711. The standard InChI is InChI=1S/C45H81N17O11/c1-2-3-4-5-6-7-8-9-13-16-36(63)54-28(18-46)37(64)56-30(20-48)39(66)58-32(22-50)41(68)60-34(24-52)43(70)62-35(25-53)44(71)61-33(23-51)42(69)59-31(21-49)40(67)57-29(19-47)38(65)55-27(45(72)73)17-26-14-11-10-12-15-26/h10-12,14-15,27-35H,2-9,13,16-25,46-53H2,1H3,(H,54,63)(H,55,65)(H,56,64)(H,57,67)(H,58,66)(H,59,69)(H,60,68)(H,61,71)(H,62,70)(H,72,73)/t27-,28+,29+,30+,31+,32+,33+,34+,35+/m0/s1. The number of nitrogens with two attached hydrogens (primary N) is 8. The van der Waals surface area contributed by atoms with E-state index >= 15 is 0 Å². The highest BCUT2D eigenvalue weighted by Crippen LogP contribution is 2.11. The zero-order valence-electron chi connectivity index (χ0n) is 41.7. The van der Waals surface area contributed by atoms with Crippen LogP contribution in [0.1, 0.15) is 76.7 Å². The van der Waals surface area contributed by atoms with E-state index in [1.54, 1.807) is 30.3 Å². The molecular weight excluding hydrogens is 955 g/mol. The van der Waals surface area contributed by atoms with Crippen molar-refractivity contribution in [1.29, 1.82) is 0 Å². The minimum Gasteiger partial charge on any atom is -0.480 e. The molecule has 0 aromatic heterocycles. The molecule has 0 spiro atoms. The van der Waals surface area contributed by atoms with Crippen molar-refractivity contribution in [2.24, 2.45) is 45.9 Å². The molecule has 28 nitrogen and oxygen atoms in total. The monoisotopic (exact) mass is 1040 g/mol. The summed E-state index contributed by atoms with van der Waals surface area (Å²) in [5.41, 5.74) is 46.7. The van der Waals surface area contributed by atoms with Crippen LogP contribution in [0.5, 0.6) is 0 Å². The molecule has 1 rings (SSSR count). The highest BCUT2D eigenvalue weighted by molar-refractivity contribution is 5.98. The van der Waals surface area contributed by atoms with Gasteiger partial charge in [0, 0.05) is 65.2 Å². The number of benzene rings is 1. The first-order valence-corrected chi connectivity index (χ1v) is 24.5. The number of aliphatic carboxylic acids is 1. The summed E-state index contributed by atoms with van der Waals surface area (Å²) in [6.07, 6.45) is 9.64. The Morgan fingerprint density at radius 2 is 0.616 bits per heavy atom. The quantitative estimate of drug-likeness (QED) is 0.0274. The topological polar surface area (TPSA) is 507 Å². The molecule has 0 heterocycles. The summed E-state index contributed by atoms with van der Waals surface area (Å²) in [6, 6.07) is -4.58. The lowest BCUT2D eigenvalue weighted by molar-refractivity contribution is -0.142. The van der Waals surface area contributed by atoms with E-state index in [0.29, 0.717) is 12.0 Å². The van der Waals surface area contributed by atoms with Crippen molar-refractivity contribution < 1.29 is 53.1 Å². The lowest BCUT2D eigenvalue weighted by Gasteiger charge is -2.26. The molecule has 9 atom stereocenters. The number of nitrogens with one attached hydrogen (secondary N) is 9. The van der Waals surface area contributed by atoms with Gasteiger partial charge in [0.25, 0.3) is 0 Å². The Hall–Kier alpha value is -6.40. The third kappa shape index (κ3) is 24.3. The van der Waals surface area contributed by atoms with Crippen LogP contribution in [0.3, 0.4) is 0 Å². The molecule has 0 fully saturated rings. The zero-order chi connectivity index (χ0) is 54.9. The molecule has 28 heteroatoms. The SMILES string of the molecule is CCCCCCCCCCCC(=O)N[C@H](CN)C(=O)N[C@H](CN)C(=O)N[C@H](CN)C(=O)N[C@H](CN)C(=O)N[C@H](CN)C(=O)N[C@H](CN)C(=O)N[C@H](CN)C(=O)N[C@H](CN)C(=O)N[C@@H](Cc1ccccc1)C(=O)O. The highest BCUT2D eigenvalue weighted by Gasteiger charge is 2.34. The smallest absolute Gasteiger partial charge is 0.326 e. The number of carboxylic acid groups (broad SMARTS) is 1. The van der Waals surface area contributed by atoms with Gasteiger partial charge in [0.15, 0.2) is 0 Å². The predicted molar refractivity (Wildman–Crippen MR) is 269 cm³/mol. The van der Waals surface area contributed by atoms with Gasteiger partial charge in [-0.2, -0.15) is 0 Å². The van der Waals surface area contributed by atoms with Gasteiger partial charge in [-0.3, -0.25) is 43.2 Å². The van der Waals surface area contributed by atoms with Crippen molar-refractivity contribution in [2.75, 3.05) is 52.4 Å². The summed E-state index contributed by atoms with van der Waals surface area (Å²) in [6.45, 7) is -1.67. The minimum atomic E-state index is -1.55. The Labute approximate surface area is 425 Å². The molecule has 0 aliphatic carbocycles. The Morgan fingerprint density at radius 3 is 0.877 bits per heavy atom. The van der Waals surface area contributed by atoms with E-state index in [1.807, 2.05) is 0 Å². The van der Waals surface area contributed by atoms with E-state index in [1.165, 1.54) is 25.7 Å². The number of carbonyl (C=O) groups excluding carboxylic acids is 9. The van der Waals surface area contributed by atoms with Crippen LogP contribution in [0.2, 0.25) is 0 Å². The molecule has 73 heavy (non-hydrogen) atoms.